The highest BCUT2D eigenvalue weighted by atomic mass is 35.5. The highest BCUT2D eigenvalue weighted by Gasteiger charge is 2.14. The molecule has 7 nitrogen and oxygen atoms in total. The number of hydrogen-bond acceptors (Lipinski definition) is 6. The molecule has 0 atom stereocenters. The van der Waals surface area contributed by atoms with Crippen LogP contribution in [0.25, 0.3) is 5.82 Å². The van der Waals surface area contributed by atoms with E-state index in [0.717, 1.165) is 0 Å². The van der Waals surface area contributed by atoms with Crippen LogP contribution < -0.4 is 5.73 Å². The van der Waals surface area contributed by atoms with Crippen LogP contribution >= 0.6 is 11.6 Å². The molecule has 0 bridgehead atoms. The van der Waals surface area contributed by atoms with Gasteiger partial charge in [0.05, 0.1) is 12.8 Å². The molecule has 0 saturated heterocycles. The number of halogens is 1. The highest BCUT2D eigenvalue weighted by Crippen LogP contribution is 2.16. The third-order valence-electron chi connectivity index (χ3n) is 1.95. The number of nitrogen functional groups attached to an aromatic ring is 1. The van der Waals surface area contributed by atoms with Crippen molar-refractivity contribution in [2.75, 3.05) is 12.8 Å². The number of methoxy groups -OCH3 is 1. The molecule has 2 aromatic rings. The summed E-state index contributed by atoms with van der Waals surface area (Å²) in [4.78, 5) is 18.9. The number of carbonyl (C=O) groups is 1. The van der Waals surface area contributed by atoms with Gasteiger partial charge >= 0.3 is 5.97 Å². The maximum Gasteiger partial charge on any atom is 0.377 e. The van der Waals surface area contributed by atoms with Gasteiger partial charge in [0.15, 0.2) is 5.82 Å². The summed E-state index contributed by atoms with van der Waals surface area (Å²) in [5.41, 5.74) is 6.08. The summed E-state index contributed by atoms with van der Waals surface area (Å²) < 4.78 is 5.74. The molecule has 0 aliphatic rings. The van der Waals surface area contributed by atoms with Crippen molar-refractivity contribution < 1.29 is 9.53 Å². The number of esters is 1. The van der Waals surface area contributed by atoms with Gasteiger partial charge in [-0.15, -0.1) is 5.10 Å². The average molecular weight is 254 g/mol. The van der Waals surface area contributed by atoms with Crippen molar-refractivity contribution in [2.45, 2.75) is 0 Å². The van der Waals surface area contributed by atoms with Crippen molar-refractivity contribution in [1.82, 2.24) is 19.7 Å². The molecule has 2 rings (SSSR count). The predicted octanol–water partition coefficient (Wildman–Crippen LogP) is 0.685. The third kappa shape index (κ3) is 2.18. The zero-order valence-corrected chi connectivity index (χ0v) is 9.55. The van der Waals surface area contributed by atoms with E-state index in [9.17, 15) is 4.79 Å². The predicted molar refractivity (Wildman–Crippen MR) is 59.9 cm³/mol. The molecule has 0 unspecified atom stereocenters. The van der Waals surface area contributed by atoms with Gasteiger partial charge in [0, 0.05) is 0 Å². The number of rotatable bonds is 2. The Morgan fingerprint density at radius 1 is 1.53 bits per heavy atom. The fourth-order valence-corrected chi connectivity index (χ4v) is 1.31. The van der Waals surface area contributed by atoms with Crippen molar-refractivity contribution in [3.63, 3.8) is 0 Å². The zero-order valence-electron chi connectivity index (χ0n) is 8.79. The first-order valence-electron chi connectivity index (χ1n) is 4.54. The Labute approximate surface area is 101 Å². The van der Waals surface area contributed by atoms with E-state index in [0.29, 0.717) is 11.5 Å². The molecule has 0 fully saturated rings. The van der Waals surface area contributed by atoms with Gasteiger partial charge in [0.1, 0.15) is 11.5 Å². The number of ether oxygens (including phenoxy) is 1. The topological polar surface area (TPSA) is 95.9 Å². The van der Waals surface area contributed by atoms with Gasteiger partial charge < -0.3 is 10.5 Å². The van der Waals surface area contributed by atoms with Crippen LogP contribution in [0.3, 0.4) is 0 Å². The largest absolute Gasteiger partial charge is 0.463 e. The molecule has 0 aromatic carbocycles. The number of hydrogen-bond donors (Lipinski definition) is 1. The monoisotopic (exact) mass is 253 g/mol. The first-order chi connectivity index (χ1) is 8.11. The SMILES string of the molecule is COC(=O)c1ncn(-c2nc(Cl)ccc2N)n1. The summed E-state index contributed by atoms with van der Waals surface area (Å²) >= 11 is 5.74. The van der Waals surface area contributed by atoms with Crippen LogP contribution in [0.1, 0.15) is 10.6 Å². The summed E-state index contributed by atoms with van der Waals surface area (Å²) in [6.07, 6.45) is 1.31. The van der Waals surface area contributed by atoms with Crippen LogP contribution in [-0.4, -0.2) is 32.8 Å². The maximum atomic E-state index is 11.2. The smallest absolute Gasteiger partial charge is 0.377 e. The molecule has 0 amide bonds. The van der Waals surface area contributed by atoms with Crippen LogP contribution in [-0.2, 0) is 4.74 Å². The normalized spacial score (nSPS) is 10.2. The molecular weight excluding hydrogens is 246 g/mol. The van der Waals surface area contributed by atoms with Gasteiger partial charge in [-0.05, 0) is 12.1 Å². The molecule has 0 saturated carbocycles. The fraction of sp³-hybridized carbons (Fsp3) is 0.111. The Morgan fingerprint density at radius 2 is 2.29 bits per heavy atom. The lowest BCUT2D eigenvalue weighted by atomic mass is 10.4. The number of nitrogens with zero attached hydrogens (tertiary/aromatic N) is 4. The van der Waals surface area contributed by atoms with E-state index in [1.807, 2.05) is 0 Å². The minimum atomic E-state index is -0.635. The number of aromatic nitrogens is 4. The fourth-order valence-electron chi connectivity index (χ4n) is 1.17. The van der Waals surface area contributed by atoms with Gasteiger partial charge in [-0.3, -0.25) is 0 Å². The Kier molecular flexibility index (Phi) is 2.92. The summed E-state index contributed by atoms with van der Waals surface area (Å²) in [6, 6.07) is 3.14. The lowest BCUT2D eigenvalue weighted by Crippen LogP contribution is -2.07. The van der Waals surface area contributed by atoms with E-state index in [4.69, 9.17) is 17.3 Å². The molecule has 0 spiro atoms. The number of nitrogens with two attached hydrogens (primary N) is 1. The third-order valence-corrected chi connectivity index (χ3v) is 2.16. The van der Waals surface area contributed by atoms with Crippen molar-refractivity contribution in [3.8, 4) is 5.82 Å². The van der Waals surface area contributed by atoms with E-state index in [1.54, 1.807) is 12.1 Å². The summed E-state index contributed by atoms with van der Waals surface area (Å²) in [7, 11) is 1.25. The molecule has 88 valence electrons. The van der Waals surface area contributed by atoms with Gasteiger partial charge in [0.2, 0.25) is 0 Å². The van der Waals surface area contributed by atoms with Crippen LogP contribution in [0.2, 0.25) is 5.15 Å². The lowest BCUT2D eigenvalue weighted by molar-refractivity contribution is 0.0587. The van der Waals surface area contributed by atoms with E-state index in [-0.39, 0.29) is 11.0 Å². The van der Waals surface area contributed by atoms with Gasteiger partial charge in [-0.2, -0.15) is 4.68 Å². The van der Waals surface area contributed by atoms with Gasteiger partial charge in [0.25, 0.3) is 5.82 Å². The summed E-state index contributed by atoms with van der Waals surface area (Å²) in [5, 5.41) is 4.15. The highest BCUT2D eigenvalue weighted by molar-refractivity contribution is 6.29. The molecule has 0 aliphatic carbocycles. The Hall–Kier alpha value is -2.15. The lowest BCUT2D eigenvalue weighted by Gasteiger charge is -2.03. The molecule has 17 heavy (non-hydrogen) atoms. The first kappa shape index (κ1) is 11.3. The Bertz CT molecular complexity index is 568. The van der Waals surface area contributed by atoms with Crippen LogP contribution in [0, 0.1) is 0 Å². The van der Waals surface area contributed by atoms with E-state index >= 15 is 0 Å². The number of carbonyl (C=O) groups excluding carboxylic acids is 1. The standard InChI is InChI=1S/C9H8ClN5O2/c1-17-9(16)7-12-4-15(14-7)8-5(11)2-3-6(10)13-8/h2-4H,11H2,1H3. The minimum Gasteiger partial charge on any atom is -0.463 e. The molecule has 8 heteroatoms. The quantitative estimate of drug-likeness (QED) is 0.625. The van der Waals surface area contributed by atoms with E-state index < -0.39 is 5.97 Å². The van der Waals surface area contributed by atoms with Crippen molar-refractivity contribution in [1.29, 1.82) is 0 Å². The molecular formula is C9H8ClN5O2. The molecule has 2 heterocycles. The number of anilines is 1. The number of pyridine rings is 1. The summed E-state index contributed by atoms with van der Waals surface area (Å²) in [6.45, 7) is 0. The zero-order chi connectivity index (χ0) is 12.4. The Morgan fingerprint density at radius 3 is 3.00 bits per heavy atom. The van der Waals surface area contributed by atoms with Crippen LogP contribution in [0.4, 0.5) is 5.69 Å². The van der Waals surface area contributed by atoms with Crippen LogP contribution in [0.5, 0.6) is 0 Å². The molecule has 2 aromatic heterocycles. The van der Waals surface area contributed by atoms with Crippen LogP contribution in [0.15, 0.2) is 18.5 Å². The van der Waals surface area contributed by atoms with Gasteiger partial charge in [-0.1, -0.05) is 11.6 Å². The van der Waals surface area contributed by atoms with Crippen molar-refractivity contribution in [3.05, 3.63) is 29.4 Å². The summed E-state index contributed by atoms with van der Waals surface area (Å²) in [5.74, 6) is -0.404. The van der Waals surface area contributed by atoms with E-state index in [2.05, 4.69) is 19.8 Å². The molecule has 0 radical (unpaired) electrons. The molecule has 0 aliphatic heterocycles. The van der Waals surface area contributed by atoms with E-state index in [1.165, 1.54) is 18.1 Å². The van der Waals surface area contributed by atoms with Crippen molar-refractivity contribution in [2.24, 2.45) is 0 Å². The second kappa shape index (κ2) is 4.38. The maximum absolute atomic E-state index is 11.2. The molecule has 2 N–H and O–H groups in total. The first-order valence-corrected chi connectivity index (χ1v) is 4.92. The average Bonchev–Trinajstić information content (AvgIpc) is 2.80. The Balaban J connectivity index is 2.43. The second-order valence-corrected chi connectivity index (χ2v) is 3.44. The second-order valence-electron chi connectivity index (χ2n) is 3.05. The van der Waals surface area contributed by atoms with Crippen molar-refractivity contribution >= 4 is 23.3 Å². The van der Waals surface area contributed by atoms with Gasteiger partial charge in [-0.25, -0.2) is 14.8 Å². The minimum absolute atomic E-state index is 0.0753.